The number of thioether (sulfide) groups is 2. The first-order chi connectivity index (χ1) is 17.2. The maximum absolute atomic E-state index is 13.1. The lowest BCUT2D eigenvalue weighted by Crippen LogP contribution is -2.18. The summed E-state index contributed by atoms with van der Waals surface area (Å²) in [5.74, 6) is 0.848. The van der Waals surface area contributed by atoms with Gasteiger partial charge < -0.3 is 5.73 Å². The lowest BCUT2D eigenvalue weighted by atomic mass is 9.99. The molecular formula is C23H34N5O6PS2. The van der Waals surface area contributed by atoms with Crippen molar-refractivity contribution in [2.75, 3.05) is 37.1 Å². The Bertz CT molecular complexity index is 1160. The SMILES string of the molecule is CC(C)(C)C(=O)SCCOP(=O)(OCC=C=Cn1cnc2c(N)ncnc21)OCCSC(=O)C(C)(C)C. The number of hydrogen-bond donors (Lipinski definition) is 1. The van der Waals surface area contributed by atoms with Gasteiger partial charge in [0, 0.05) is 22.3 Å². The number of anilines is 1. The molecule has 0 aromatic carbocycles. The van der Waals surface area contributed by atoms with Crippen LogP contribution in [0.2, 0.25) is 0 Å². The van der Waals surface area contributed by atoms with Crippen molar-refractivity contribution in [1.82, 2.24) is 19.5 Å². The fraction of sp³-hybridized carbons (Fsp3) is 0.565. The molecule has 0 bridgehead atoms. The summed E-state index contributed by atoms with van der Waals surface area (Å²) in [6.45, 7) is 10.8. The third kappa shape index (κ3) is 10.4. The second-order valence-electron chi connectivity index (χ2n) is 9.76. The molecule has 0 aliphatic heterocycles. The van der Waals surface area contributed by atoms with E-state index in [9.17, 15) is 14.2 Å². The second-order valence-corrected chi connectivity index (χ2v) is 13.6. The highest BCUT2D eigenvalue weighted by atomic mass is 32.2. The number of hydrogen-bond acceptors (Lipinski definition) is 12. The zero-order chi connectivity index (χ0) is 27.7. The highest BCUT2D eigenvalue weighted by Gasteiger charge is 2.28. The van der Waals surface area contributed by atoms with E-state index in [4.69, 9.17) is 19.3 Å². The van der Waals surface area contributed by atoms with Crippen LogP contribution in [-0.2, 0) is 27.7 Å². The first kappa shape index (κ1) is 31.2. The van der Waals surface area contributed by atoms with Gasteiger partial charge in [0.25, 0.3) is 0 Å². The lowest BCUT2D eigenvalue weighted by molar-refractivity contribution is -0.118. The number of nitrogens with two attached hydrogens (primary N) is 1. The molecule has 2 aromatic heterocycles. The minimum atomic E-state index is -3.96. The molecule has 0 aliphatic carbocycles. The van der Waals surface area contributed by atoms with E-state index in [1.54, 1.807) is 10.8 Å². The van der Waals surface area contributed by atoms with Crippen molar-refractivity contribution in [2.45, 2.75) is 41.5 Å². The van der Waals surface area contributed by atoms with Crippen LogP contribution in [0.4, 0.5) is 5.82 Å². The van der Waals surface area contributed by atoms with Crippen LogP contribution in [0, 0.1) is 10.8 Å². The van der Waals surface area contributed by atoms with Crippen molar-refractivity contribution in [3.8, 4) is 0 Å². The summed E-state index contributed by atoms with van der Waals surface area (Å²) in [7, 11) is -3.96. The van der Waals surface area contributed by atoms with Gasteiger partial charge in [0.1, 0.15) is 12.7 Å². The van der Waals surface area contributed by atoms with Gasteiger partial charge in [-0.15, -0.1) is 5.73 Å². The van der Waals surface area contributed by atoms with Gasteiger partial charge in [-0.05, 0) is 6.08 Å². The molecule has 2 heterocycles. The van der Waals surface area contributed by atoms with Crippen LogP contribution in [0.5, 0.6) is 0 Å². The first-order valence-electron chi connectivity index (χ1n) is 11.4. The molecule has 2 aromatic rings. The Morgan fingerprint density at radius 3 is 2.11 bits per heavy atom. The van der Waals surface area contributed by atoms with Gasteiger partial charge in [-0.2, -0.15) is 0 Å². The standard InChI is InChI=1S/C23H34N5O6PS2/c1-22(2,3)20(29)36-13-11-33-35(31,34-12-14-37-21(30)23(4,5)6)32-10-8-7-9-28-16-27-17-18(24)25-15-26-19(17)28/h8-9,15-16H,10-14H2,1-6H3,(H2,24,25,26). The van der Waals surface area contributed by atoms with Crippen LogP contribution in [-0.4, -0.2) is 61.1 Å². The number of rotatable bonds is 12. The third-order valence-electron chi connectivity index (χ3n) is 4.39. The van der Waals surface area contributed by atoms with E-state index in [1.807, 2.05) is 41.5 Å². The number of carbonyl (C=O) groups excluding carboxylic acids is 2. The summed E-state index contributed by atoms with van der Waals surface area (Å²) in [5.41, 5.74) is 8.66. The molecule has 0 radical (unpaired) electrons. The van der Waals surface area contributed by atoms with Crippen LogP contribution < -0.4 is 5.73 Å². The van der Waals surface area contributed by atoms with Crippen LogP contribution in [0.3, 0.4) is 0 Å². The average molecular weight is 572 g/mol. The number of imidazole rings is 1. The van der Waals surface area contributed by atoms with Crippen molar-refractivity contribution in [3.05, 3.63) is 24.5 Å². The molecule has 0 unspecified atom stereocenters. The number of phosphoric ester groups is 1. The summed E-state index contributed by atoms with van der Waals surface area (Å²) in [6.07, 6.45) is 5.90. The smallest absolute Gasteiger partial charge is 0.382 e. The average Bonchev–Trinajstić information content (AvgIpc) is 3.22. The van der Waals surface area contributed by atoms with Crippen molar-refractivity contribution >= 4 is 64.8 Å². The summed E-state index contributed by atoms with van der Waals surface area (Å²) in [5, 5.41) is -0.00558. The first-order valence-corrected chi connectivity index (χ1v) is 14.9. The molecule has 0 aliphatic rings. The number of nitrogens with zero attached hydrogens (tertiary/aromatic N) is 4. The van der Waals surface area contributed by atoms with Gasteiger partial charge >= 0.3 is 7.82 Å². The number of nitrogen functional groups attached to an aromatic ring is 1. The largest absolute Gasteiger partial charge is 0.475 e. The summed E-state index contributed by atoms with van der Waals surface area (Å²) in [4.78, 5) is 36.4. The fourth-order valence-electron chi connectivity index (χ4n) is 2.39. The fourth-order valence-corrected chi connectivity index (χ4v) is 5.31. The molecule has 0 fully saturated rings. The Morgan fingerprint density at radius 1 is 1.00 bits per heavy atom. The summed E-state index contributed by atoms with van der Waals surface area (Å²) < 4.78 is 31.0. The predicted octanol–water partition coefficient (Wildman–Crippen LogP) is 4.80. The molecule has 0 saturated carbocycles. The van der Waals surface area contributed by atoms with E-state index in [0.29, 0.717) is 22.7 Å². The van der Waals surface area contributed by atoms with Crippen LogP contribution in [0.25, 0.3) is 17.4 Å². The minimum absolute atomic E-state index is 0.00279. The van der Waals surface area contributed by atoms with Crippen LogP contribution in [0.15, 0.2) is 24.5 Å². The van der Waals surface area contributed by atoms with E-state index < -0.39 is 18.7 Å². The number of carbonyl (C=O) groups is 2. The Morgan fingerprint density at radius 2 is 1.57 bits per heavy atom. The van der Waals surface area contributed by atoms with E-state index >= 15 is 0 Å². The van der Waals surface area contributed by atoms with Crippen LogP contribution in [0.1, 0.15) is 41.5 Å². The van der Waals surface area contributed by atoms with Gasteiger partial charge in [0.2, 0.25) is 0 Å². The van der Waals surface area contributed by atoms with Crippen LogP contribution >= 0.6 is 31.3 Å². The number of aromatic nitrogens is 4. The summed E-state index contributed by atoms with van der Waals surface area (Å²) in [6, 6.07) is 0. The van der Waals surface area contributed by atoms with Crippen molar-refractivity contribution < 1.29 is 27.7 Å². The van der Waals surface area contributed by atoms with Crippen molar-refractivity contribution in [1.29, 1.82) is 0 Å². The molecule has 37 heavy (non-hydrogen) atoms. The zero-order valence-corrected chi connectivity index (χ0v) is 24.5. The topological polar surface area (TPSA) is 149 Å². The highest BCUT2D eigenvalue weighted by Crippen LogP contribution is 2.49. The Balaban J connectivity index is 1.96. The van der Waals surface area contributed by atoms with Gasteiger partial charge in [-0.1, -0.05) is 65.1 Å². The maximum atomic E-state index is 13.1. The summed E-state index contributed by atoms with van der Waals surface area (Å²) >= 11 is 2.19. The quantitative estimate of drug-likeness (QED) is 0.212. The van der Waals surface area contributed by atoms with Gasteiger partial charge in [-0.25, -0.2) is 19.5 Å². The normalized spacial score (nSPS) is 12.4. The lowest BCUT2D eigenvalue weighted by Gasteiger charge is -2.19. The molecule has 14 heteroatoms. The third-order valence-corrected chi connectivity index (χ3v) is 8.34. The Hall–Kier alpha value is -1.98. The second kappa shape index (κ2) is 13.7. The Kier molecular flexibility index (Phi) is 11.6. The molecule has 0 amide bonds. The molecule has 2 rings (SSSR count). The van der Waals surface area contributed by atoms with E-state index in [2.05, 4.69) is 20.7 Å². The molecule has 0 saturated heterocycles. The zero-order valence-electron chi connectivity index (χ0n) is 21.9. The van der Waals surface area contributed by atoms with Gasteiger partial charge in [0.05, 0.1) is 26.0 Å². The van der Waals surface area contributed by atoms with E-state index in [0.717, 1.165) is 23.5 Å². The van der Waals surface area contributed by atoms with E-state index in [1.165, 1.54) is 18.7 Å². The van der Waals surface area contributed by atoms with Gasteiger partial charge in [-0.3, -0.25) is 27.7 Å². The monoisotopic (exact) mass is 571 g/mol. The Labute approximate surface area is 225 Å². The number of fused-ring (bicyclic) bond motifs is 1. The maximum Gasteiger partial charge on any atom is 0.475 e. The highest BCUT2D eigenvalue weighted by molar-refractivity contribution is 8.14. The number of phosphoric acid groups is 1. The molecule has 11 nitrogen and oxygen atoms in total. The van der Waals surface area contributed by atoms with E-state index in [-0.39, 0.29) is 35.9 Å². The molecule has 204 valence electrons. The molecular weight excluding hydrogens is 537 g/mol. The predicted molar refractivity (Wildman–Crippen MR) is 148 cm³/mol. The molecule has 2 N–H and O–H groups in total. The molecule has 0 atom stereocenters. The minimum Gasteiger partial charge on any atom is -0.382 e. The van der Waals surface area contributed by atoms with Crippen molar-refractivity contribution in [2.24, 2.45) is 10.8 Å². The van der Waals surface area contributed by atoms with Gasteiger partial charge in [0.15, 0.2) is 27.2 Å². The molecule has 0 spiro atoms. The van der Waals surface area contributed by atoms with Crippen molar-refractivity contribution in [3.63, 3.8) is 0 Å².